The molecule has 35 heavy (non-hydrogen) atoms. The SMILES string of the molecule is CC1(C)c2cc(N3CCC(N4C5CCC4COC5)CC3)ccc2C(=O)c2c1[nH]c1cc(C#N)sc21. The number of thiophene rings is 1. The average molecular weight is 487 g/mol. The van der Waals surface area contributed by atoms with Crippen molar-refractivity contribution in [2.24, 2.45) is 0 Å². The Hall–Kier alpha value is -2.66. The molecule has 1 aliphatic carbocycles. The molecule has 3 saturated heterocycles. The van der Waals surface area contributed by atoms with Crippen LogP contribution < -0.4 is 4.90 Å². The van der Waals surface area contributed by atoms with E-state index in [0.717, 1.165) is 58.9 Å². The van der Waals surface area contributed by atoms with Gasteiger partial charge in [-0.3, -0.25) is 9.69 Å². The first-order valence-corrected chi connectivity index (χ1v) is 13.6. The zero-order chi connectivity index (χ0) is 23.9. The minimum atomic E-state index is -0.314. The second-order valence-corrected chi connectivity index (χ2v) is 12.2. The lowest BCUT2D eigenvalue weighted by molar-refractivity contribution is -0.0407. The Morgan fingerprint density at radius 2 is 1.83 bits per heavy atom. The molecule has 7 heteroatoms. The van der Waals surface area contributed by atoms with E-state index in [9.17, 15) is 10.1 Å². The number of aromatic nitrogens is 1. The number of nitrogens with zero attached hydrogens (tertiary/aromatic N) is 3. The molecule has 0 saturated carbocycles. The number of hydrogen-bond donors (Lipinski definition) is 1. The number of rotatable bonds is 2. The quantitative estimate of drug-likeness (QED) is 0.563. The number of anilines is 1. The van der Waals surface area contributed by atoms with Crippen molar-refractivity contribution in [1.82, 2.24) is 9.88 Å². The lowest BCUT2D eigenvalue weighted by Gasteiger charge is -2.45. The molecule has 3 aromatic rings. The van der Waals surface area contributed by atoms with Crippen molar-refractivity contribution in [2.45, 2.75) is 63.1 Å². The van der Waals surface area contributed by atoms with Crippen molar-refractivity contribution in [3.05, 3.63) is 51.5 Å². The van der Waals surface area contributed by atoms with Crippen molar-refractivity contribution >= 4 is 33.0 Å². The van der Waals surface area contributed by atoms with Gasteiger partial charge in [0.15, 0.2) is 5.78 Å². The Balaban J connectivity index is 1.17. The topological polar surface area (TPSA) is 72.4 Å². The zero-order valence-corrected chi connectivity index (χ0v) is 21.1. The van der Waals surface area contributed by atoms with Crippen molar-refractivity contribution in [1.29, 1.82) is 5.26 Å². The molecule has 4 aliphatic rings. The summed E-state index contributed by atoms with van der Waals surface area (Å²) >= 11 is 1.41. The molecule has 2 unspecified atom stereocenters. The Morgan fingerprint density at radius 3 is 2.54 bits per heavy atom. The highest BCUT2D eigenvalue weighted by Crippen LogP contribution is 2.46. The lowest BCUT2D eigenvalue weighted by atomic mass is 9.71. The number of carbonyl (C=O) groups excluding carboxylic acids is 1. The van der Waals surface area contributed by atoms with Gasteiger partial charge in [0.2, 0.25) is 0 Å². The van der Waals surface area contributed by atoms with Crippen LogP contribution in [0.3, 0.4) is 0 Å². The second kappa shape index (κ2) is 7.67. The van der Waals surface area contributed by atoms with Crippen LogP contribution in [0.15, 0.2) is 24.3 Å². The van der Waals surface area contributed by atoms with Crippen LogP contribution in [-0.2, 0) is 10.2 Å². The molecule has 7 rings (SSSR count). The molecule has 3 aliphatic heterocycles. The van der Waals surface area contributed by atoms with E-state index in [1.807, 2.05) is 12.1 Å². The molecule has 3 fully saturated rings. The minimum Gasteiger partial charge on any atom is -0.378 e. The van der Waals surface area contributed by atoms with Gasteiger partial charge in [-0.05, 0) is 55.5 Å². The Kier molecular flexibility index (Phi) is 4.73. The van der Waals surface area contributed by atoms with E-state index in [2.05, 4.69) is 46.8 Å². The van der Waals surface area contributed by atoms with Crippen LogP contribution in [0.1, 0.15) is 71.6 Å². The molecule has 0 spiro atoms. The van der Waals surface area contributed by atoms with Crippen molar-refractivity contribution in [2.75, 3.05) is 31.2 Å². The fourth-order valence-corrected chi connectivity index (χ4v) is 8.07. The third-order valence-electron chi connectivity index (χ3n) is 8.90. The highest BCUT2D eigenvalue weighted by Gasteiger charge is 2.43. The van der Waals surface area contributed by atoms with Crippen molar-refractivity contribution in [3.63, 3.8) is 0 Å². The normalized spacial score (nSPS) is 26.1. The molecular weight excluding hydrogens is 456 g/mol. The molecule has 6 nitrogen and oxygen atoms in total. The van der Waals surface area contributed by atoms with Gasteiger partial charge < -0.3 is 14.6 Å². The van der Waals surface area contributed by atoms with Gasteiger partial charge in [-0.15, -0.1) is 11.3 Å². The number of carbonyl (C=O) groups is 1. The maximum absolute atomic E-state index is 13.6. The molecule has 0 radical (unpaired) electrons. The van der Waals surface area contributed by atoms with Crippen LogP contribution in [-0.4, -0.2) is 60.1 Å². The van der Waals surface area contributed by atoms with E-state index >= 15 is 0 Å². The number of nitrogens with one attached hydrogen (secondary N) is 1. The highest BCUT2D eigenvalue weighted by molar-refractivity contribution is 7.20. The molecule has 2 bridgehead atoms. The molecule has 2 aromatic heterocycles. The Bertz CT molecular complexity index is 1370. The summed E-state index contributed by atoms with van der Waals surface area (Å²) < 4.78 is 6.71. The number of morpholine rings is 1. The largest absolute Gasteiger partial charge is 0.378 e. The summed E-state index contributed by atoms with van der Waals surface area (Å²) in [5.74, 6) is 0.0694. The van der Waals surface area contributed by atoms with Crippen LogP contribution in [0.5, 0.6) is 0 Å². The van der Waals surface area contributed by atoms with Crippen LogP contribution in [0.4, 0.5) is 5.69 Å². The maximum atomic E-state index is 13.6. The summed E-state index contributed by atoms with van der Waals surface area (Å²) in [6.45, 7) is 8.31. The predicted molar refractivity (Wildman–Crippen MR) is 138 cm³/mol. The molecule has 1 N–H and O–H groups in total. The number of piperidine rings is 1. The van der Waals surface area contributed by atoms with Gasteiger partial charge in [0.05, 0.1) is 29.0 Å². The number of fused-ring (bicyclic) bond motifs is 6. The highest BCUT2D eigenvalue weighted by atomic mass is 32.1. The van der Waals surface area contributed by atoms with Gasteiger partial charge in [-0.2, -0.15) is 5.26 Å². The van der Waals surface area contributed by atoms with E-state index in [0.29, 0.717) is 23.0 Å². The van der Waals surface area contributed by atoms with Crippen molar-refractivity contribution < 1.29 is 9.53 Å². The third-order valence-corrected chi connectivity index (χ3v) is 9.96. The first-order chi connectivity index (χ1) is 17.0. The standard InChI is InChI=1S/C28H30N4O2S/c1-28(2)22-11-17(31-9-7-16(8-10-31)32-18-3-4-19(32)15-34-14-18)5-6-21(22)25(33)24-26-23(30-27(24)28)12-20(13-29)35-26/h5-6,11-12,16,18-19,30H,3-4,7-10,14-15H2,1-2H3. The summed E-state index contributed by atoms with van der Waals surface area (Å²) in [7, 11) is 0. The maximum Gasteiger partial charge on any atom is 0.196 e. The molecule has 2 atom stereocenters. The van der Waals surface area contributed by atoms with E-state index < -0.39 is 0 Å². The van der Waals surface area contributed by atoms with E-state index in [4.69, 9.17) is 4.74 Å². The molecule has 180 valence electrons. The first-order valence-electron chi connectivity index (χ1n) is 12.8. The summed E-state index contributed by atoms with van der Waals surface area (Å²) in [5.41, 5.74) is 5.40. The summed E-state index contributed by atoms with van der Waals surface area (Å²) in [6, 6.07) is 12.4. The van der Waals surface area contributed by atoms with Gasteiger partial charge in [0.1, 0.15) is 10.9 Å². The number of hydrogen-bond acceptors (Lipinski definition) is 6. The monoisotopic (exact) mass is 486 g/mol. The third kappa shape index (κ3) is 3.10. The Morgan fingerprint density at radius 1 is 1.09 bits per heavy atom. The number of aromatic amines is 1. The predicted octanol–water partition coefficient (Wildman–Crippen LogP) is 4.80. The van der Waals surface area contributed by atoms with E-state index in [-0.39, 0.29) is 11.2 Å². The first kappa shape index (κ1) is 21.6. The van der Waals surface area contributed by atoms with E-state index in [1.54, 1.807) is 0 Å². The number of ether oxygens (including phenoxy) is 1. The molecule has 0 amide bonds. The number of nitriles is 1. The summed E-state index contributed by atoms with van der Waals surface area (Å²) in [4.78, 5) is 23.0. The van der Waals surface area contributed by atoms with Gasteiger partial charge >= 0.3 is 0 Å². The number of H-pyrrole nitrogens is 1. The summed E-state index contributed by atoms with van der Waals surface area (Å²) in [6.07, 6.45) is 4.94. The van der Waals surface area contributed by atoms with Crippen LogP contribution in [0.2, 0.25) is 0 Å². The average Bonchev–Trinajstić information content (AvgIpc) is 3.51. The van der Waals surface area contributed by atoms with Gasteiger partial charge in [-0.25, -0.2) is 0 Å². The number of benzene rings is 1. The van der Waals surface area contributed by atoms with E-state index in [1.165, 1.54) is 42.7 Å². The Labute approximate surface area is 209 Å². The smallest absolute Gasteiger partial charge is 0.196 e. The molecule has 1 aromatic carbocycles. The number of ketones is 1. The zero-order valence-electron chi connectivity index (χ0n) is 20.3. The van der Waals surface area contributed by atoms with Crippen LogP contribution in [0, 0.1) is 11.3 Å². The van der Waals surface area contributed by atoms with Crippen LogP contribution >= 0.6 is 11.3 Å². The van der Waals surface area contributed by atoms with Gasteiger partial charge in [-0.1, -0.05) is 13.8 Å². The second-order valence-electron chi connectivity index (χ2n) is 11.1. The molecule has 5 heterocycles. The van der Waals surface area contributed by atoms with Crippen LogP contribution in [0.25, 0.3) is 10.2 Å². The lowest BCUT2D eigenvalue weighted by Crippen LogP contribution is -2.54. The summed E-state index contributed by atoms with van der Waals surface area (Å²) in [5, 5.41) is 9.31. The fraction of sp³-hybridized carbons (Fsp3) is 0.500. The van der Waals surface area contributed by atoms with Gasteiger partial charge in [0, 0.05) is 53.6 Å². The molecular formula is C28H30N4O2S. The minimum absolute atomic E-state index is 0.0694. The van der Waals surface area contributed by atoms with Crippen molar-refractivity contribution in [3.8, 4) is 6.07 Å². The fourth-order valence-electron chi connectivity index (χ4n) is 7.11. The van der Waals surface area contributed by atoms with Gasteiger partial charge in [0.25, 0.3) is 0 Å².